The summed E-state index contributed by atoms with van der Waals surface area (Å²) in [6.07, 6.45) is 0. The lowest BCUT2D eigenvalue weighted by Crippen LogP contribution is -2.52. The minimum absolute atomic E-state index is 0.0299. The Morgan fingerprint density at radius 1 is 1.04 bits per heavy atom. The van der Waals surface area contributed by atoms with E-state index in [1.54, 1.807) is 4.90 Å². The fraction of sp³-hybridized carbons (Fsp3) is 0.529. The third-order valence-corrected chi connectivity index (χ3v) is 4.78. The molecule has 0 bridgehead atoms. The van der Waals surface area contributed by atoms with Crippen molar-refractivity contribution < 1.29 is 18.7 Å². The Bertz CT molecular complexity index is 644. The SMILES string of the molecule is O=C(CN1CCN(C(=O)c2ccc(Cl)cc2F)CC1)N1CCOCC1. The summed E-state index contributed by atoms with van der Waals surface area (Å²) < 4.78 is 19.2. The minimum Gasteiger partial charge on any atom is -0.378 e. The summed E-state index contributed by atoms with van der Waals surface area (Å²) in [6, 6.07) is 4.06. The van der Waals surface area contributed by atoms with Crippen LogP contribution in [0.15, 0.2) is 18.2 Å². The second-order valence-corrected chi connectivity index (χ2v) is 6.62. The van der Waals surface area contributed by atoms with Crippen LogP contribution in [0, 0.1) is 5.82 Å². The van der Waals surface area contributed by atoms with Gasteiger partial charge in [-0.2, -0.15) is 0 Å². The van der Waals surface area contributed by atoms with Gasteiger partial charge in [0.05, 0.1) is 25.3 Å². The predicted molar refractivity (Wildman–Crippen MR) is 91.2 cm³/mol. The third kappa shape index (κ3) is 4.48. The molecule has 1 aromatic rings. The van der Waals surface area contributed by atoms with Gasteiger partial charge in [0.25, 0.3) is 5.91 Å². The Morgan fingerprint density at radius 3 is 2.36 bits per heavy atom. The van der Waals surface area contributed by atoms with E-state index in [0.29, 0.717) is 59.0 Å². The average molecular weight is 370 g/mol. The third-order valence-electron chi connectivity index (χ3n) is 4.54. The number of morpholine rings is 1. The Labute approximate surface area is 151 Å². The fourth-order valence-corrected chi connectivity index (χ4v) is 3.21. The van der Waals surface area contributed by atoms with Crippen LogP contribution in [0.4, 0.5) is 4.39 Å². The minimum atomic E-state index is -0.609. The van der Waals surface area contributed by atoms with E-state index >= 15 is 0 Å². The number of nitrogens with zero attached hydrogens (tertiary/aromatic N) is 3. The van der Waals surface area contributed by atoms with Crippen LogP contribution < -0.4 is 0 Å². The van der Waals surface area contributed by atoms with Crippen molar-refractivity contribution in [1.29, 1.82) is 0 Å². The van der Waals surface area contributed by atoms with Crippen LogP contribution in [0.25, 0.3) is 0 Å². The molecular weight excluding hydrogens is 349 g/mol. The van der Waals surface area contributed by atoms with Crippen LogP contribution in [0.1, 0.15) is 10.4 Å². The lowest BCUT2D eigenvalue weighted by Gasteiger charge is -2.36. The number of hydrogen-bond donors (Lipinski definition) is 0. The molecule has 6 nitrogen and oxygen atoms in total. The van der Waals surface area contributed by atoms with Crippen molar-refractivity contribution in [1.82, 2.24) is 14.7 Å². The van der Waals surface area contributed by atoms with E-state index in [9.17, 15) is 14.0 Å². The molecule has 0 radical (unpaired) electrons. The number of hydrogen-bond acceptors (Lipinski definition) is 4. The molecule has 2 fully saturated rings. The Morgan fingerprint density at radius 2 is 1.72 bits per heavy atom. The maximum absolute atomic E-state index is 13.9. The molecule has 136 valence electrons. The van der Waals surface area contributed by atoms with Gasteiger partial charge in [-0.15, -0.1) is 0 Å². The molecule has 25 heavy (non-hydrogen) atoms. The maximum atomic E-state index is 13.9. The molecule has 0 N–H and O–H groups in total. The van der Waals surface area contributed by atoms with Crippen LogP contribution in [-0.2, 0) is 9.53 Å². The first-order valence-electron chi connectivity index (χ1n) is 8.37. The average Bonchev–Trinajstić information content (AvgIpc) is 2.62. The van der Waals surface area contributed by atoms with Gasteiger partial charge in [-0.1, -0.05) is 11.6 Å². The number of rotatable bonds is 3. The maximum Gasteiger partial charge on any atom is 0.256 e. The van der Waals surface area contributed by atoms with Gasteiger partial charge in [-0.3, -0.25) is 14.5 Å². The predicted octanol–water partition coefficient (Wildman–Crippen LogP) is 1.10. The highest BCUT2D eigenvalue weighted by atomic mass is 35.5. The molecule has 2 aliphatic heterocycles. The van der Waals surface area contributed by atoms with Crippen LogP contribution in [-0.4, -0.2) is 85.5 Å². The number of piperazine rings is 1. The monoisotopic (exact) mass is 369 g/mol. The first-order valence-corrected chi connectivity index (χ1v) is 8.74. The topological polar surface area (TPSA) is 53.1 Å². The molecule has 3 rings (SSSR count). The van der Waals surface area contributed by atoms with E-state index in [4.69, 9.17) is 16.3 Å². The largest absolute Gasteiger partial charge is 0.378 e. The van der Waals surface area contributed by atoms with Crippen LogP contribution in [0.5, 0.6) is 0 Å². The molecular formula is C17H21ClFN3O3. The normalized spacial score (nSPS) is 19.1. The van der Waals surface area contributed by atoms with Gasteiger partial charge in [-0.25, -0.2) is 4.39 Å². The molecule has 2 aliphatic rings. The summed E-state index contributed by atoms with van der Waals surface area (Å²) in [5.41, 5.74) is 0.0299. The lowest BCUT2D eigenvalue weighted by atomic mass is 10.1. The molecule has 0 unspecified atom stereocenters. The molecule has 2 saturated heterocycles. The van der Waals surface area contributed by atoms with Crippen molar-refractivity contribution in [2.75, 3.05) is 59.0 Å². The van der Waals surface area contributed by atoms with E-state index < -0.39 is 5.82 Å². The smallest absolute Gasteiger partial charge is 0.256 e. The van der Waals surface area contributed by atoms with Crippen molar-refractivity contribution in [3.63, 3.8) is 0 Å². The quantitative estimate of drug-likeness (QED) is 0.800. The number of halogens is 2. The molecule has 0 saturated carbocycles. The molecule has 0 spiro atoms. The van der Waals surface area contributed by atoms with Gasteiger partial charge >= 0.3 is 0 Å². The highest BCUT2D eigenvalue weighted by Crippen LogP contribution is 2.17. The van der Waals surface area contributed by atoms with Gasteiger partial charge < -0.3 is 14.5 Å². The Balaban J connectivity index is 1.51. The van der Waals surface area contributed by atoms with E-state index in [1.165, 1.54) is 12.1 Å². The first kappa shape index (κ1) is 18.1. The molecule has 0 aromatic heterocycles. The molecule has 1 aromatic carbocycles. The number of benzene rings is 1. The summed E-state index contributed by atoms with van der Waals surface area (Å²) >= 11 is 5.72. The number of ether oxygens (including phenoxy) is 1. The summed E-state index contributed by atoms with van der Waals surface area (Å²) in [7, 11) is 0. The molecule has 2 amide bonds. The van der Waals surface area contributed by atoms with Crippen molar-refractivity contribution in [2.24, 2.45) is 0 Å². The summed E-state index contributed by atoms with van der Waals surface area (Å²) in [4.78, 5) is 30.2. The standard InChI is InChI=1S/C17H21ClFN3O3/c18-13-1-2-14(15(19)11-13)17(24)22-5-3-20(4-6-22)12-16(23)21-7-9-25-10-8-21/h1-2,11H,3-10,12H2. The van der Waals surface area contributed by atoms with Gasteiger partial charge in [0.15, 0.2) is 0 Å². The Kier molecular flexibility index (Phi) is 5.88. The van der Waals surface area contributed by atoms with E-state index in [2.05, 4.69) is 0 Å². The number of amides is 2. The van der Waals surface area contributed by atoms with E-state index in [0.717, 1.165) is 6.07 Å². The first-order chi connectivity index (χ1) is 12.0. The molecule has 8 heteroatoms. The second kappa shape index (κ2) is 8.12. The Hall–Kier alpha value is -1.70. The highest BCUT2D eigenvalue weighted by molar-refractivity contribution is 6.30. The van der Waals surface area contributed by atoms with Crippen molar-refractivity contribution in [3.8, 4) is 0 Å². The molecule has 0 atom stereocenters. The van der Waals surface area contributed by atoms with E-state index in [-0.39, 0.29) is 22.4 Å². The van der Waals surface area contributed by atoms with Gasteiger partial charge in [0.2, 0.25) is 5.91 Å². The van der Waals surface area contributed by atoms with Crippen LogP contribution in [0.3, 0.4) is 0 Å². The van der Waals surface area contributed by atoms with Gasteiger partial charge in [-0.05, 0) is 18.2 Å². The van der Waals surface area contributed by atoms with Gasteiger partial charge in [0, 0.05) is 44.3 Å². The zero-order valence-corrected chi connectivity index (χ0v) is 14.7. The van der Waals surface area contributed by atoms with Crippen molar-refractivity contribution >= 4 is 23.4 Å². The fourth-order valence-electron chi connectivity index (χ4n) is 3.05. The zero-order chi connectivity index (χ0) is 17.8. The number of carbonyl (C=O) groups is 2. The van der Waals surface area contributed by atoms with E-state index in [1.807, 2.05) is 9.80 Å². The van der Waals surface area contributed by atoms with Gasteiger partial charge in [0.1, 0.15) is 5.82 Å². The second-order valence-electron chi connectivity index (χ2n) is 6.19. The molecule has 0 aliphatic carbocycles. The zero-order valence-electron chi connectivity index (χ0n) is 13.9. The molecule has 2 heterocycles. The lowest BCUT2D eigenvalue weighted by molar-refractivity contribution is -0.136. The van der Waals surface area contributed by atoms with Crippen LogP contribution in [0.2, 0.25) is 5.02 Å². The van der Waals surface area contributed by atoms with Crippen molar-refractivity contribution in [3.05, 3.63) is 34.6 Å². The summed E-state index contributed by atoms with van der Waals surface area (Å²) in [5.74, 6) is -0.859. The summed E-state index contributed by atoms with van der Waals surface area (Å²) in [5, 5.41) is 0.264. The number of carbonyl (C=O) groups excluding carboxylic acids is 2. The van der Waals surface area contributed by atoms with Crippen molar-refractivity contribution in [2.45, 2.75) is 0 Å². The summed E-state index contributed by atoms with van der Waals surface area (Å²) in [6.45, 7) is 4.90. The van der Waals surface area contributed by atoms with Crippen LogP contribution >= 0.6 is 11.6 Å². The highest BCUT2D eigenvalue weighted by Gasteiger charge is 2.26.